The fraction of sp³-hybridized carbons (Fsp3) is 0.308. The SMILES string of the molecule is CCC(C)c1nc(N2CCN(C(=O)c3ccccc3)CC2)c2cnn(-c3ccccc3Cl)c2n1. The van der Waals surface area contributed by atoms with E-state index in [1.54, 1.807) is 4.68 Å². The van der Waals surface area contributed by atoms with Gasteiger partial charge in [-0.2, -0.15) is 5.10 Å². The summed E-state index contributed by atoms with van der Waals surface area (Å²) in [6.45, 7) is 6.94. The Morgan fingerprint density at radius 3 is 2.41 bits per heavy atom. The molecule has 2 aromatic carbocycles. The molecule has 8 heteroatoms. The Bertz CT molecular complexity index is 1310. The Labute approximate surface area is 204 Å². The lowest BCUT2D eigenvalue weighted by atomic mass is 10.1. The van der Waals surface area contributed by atoms with Crippen molar-refractivity contribution in [2.24, 2.45) is 0 Å². The van der Waals surface area contributed by atoms with E-state index < -0.39 is 0 Å². The van der Waals surface area contributed by atoms with E-state index in [9.17, 15) is 4.79 Å². The molecule has 34 heavy (non-hydrogen) atoms. The molecule has 174 valence electrons. The zero-order chi connectivity index (χ0) is 23.7. The van der Waals surface area contributed by atoms with Crippen LogP contribution >= 0.6 is 11.6 Å². The first-order valence-corrected chi connectivity index (χ1v) is 12.0. The molecule has 7 nitrogen and oxygen atoms in total. The van der Waals surface area contributed by atoms with Gasteiger partial charge in [-0.25, -0.2) is 14.6 Å². The quantitative estimate of drug-likeness (QED) is 0.409. The fourth-order valence-corrected chi connectivity index (χ4v) is 4.45. The van der Waals surface area contributed by atoms with Crippen molar-refractivity contribution in [1.82, 2.24) is 24.6 Å². The van der Waals surface area contributed by atoms with Crippen LogP contribution in [0.4, 0.5) is 5.82 Å². The van der Waals surface area contributed by atoms with Crippen molar-refractivity contribution in [2.75, 3.05) is 31.1 Å². The highest BCUT2D eigenvalue weighted by Crippen LogP contribution is 2.31. The summed E-state index contributed by atoms with van der Waals surface area (Å²) in [6.07, 6.45) is 2.75. The molecule has 0 aliphatic carbocycles. The summed E-state index contributed by atoms with van der Waals surface area (Å²) in [7, 11) is 0. The number of carbonyl (C=O) groups excluding carboxylic acids is 1. The van der Waals surface area contributed by atoms with Crippen LogP contribution in [0.15, 0.2) is 60.8 Å². The standard InChI is InChI=1S/C26H27ClN6O/c1-3-18(2)23-29-24(20-17-28-33(25(20)30-23)22-12-8-7-11-21(22)27)31-13-15-32(16-14-31)26(34)19-9-5-4-6-10-19/h4-12,17-18H,3,13-16H2,1-2H3. The zero-order valence-corrected chi connectivity index (χ0v) is 20.1. The Kier molecular flexibility index (Phi) is 6.20. The summed E-state index contributed by atoms with van der Waals surface area (Å²) in [5, 5.41) is 6.13. The predicted octanol–water partition coefficient (Wildman–Crippen LogP) is 4.94. The molecule has 4 aromatic rings. The Hall–Kier alpha value is -3.45. The third-order valence-electron chi connectivity index (χ3n) is 6.45. The molecule has 1 atom stereocenters. The van der Waals surface area contributed by atoms with Crippen molar-refractivity contribution in [2.45, 2.75) is 26.2 Å². The second kappa shape index (κ2) is 9.43. The van der Waals surface area contributed by atoms with Crippen LogP contribution < -0.4 is 4.90 Å². The van der Waals surface area contributed by atoms with Crippen LogP contribution in [-0.4, -0.2) is 56.7 Å². The average Bonchev–Trinajstić information content (AvgIpc) is 3.32. The molecule has 1 unspecified atom stereocenters. The van der Waals surface area contributed by atoms with Crippen LogP contribution in [0.25, 0.3) is 16.7 Å². The van der Waals surface area contributed by atoms with E-state index in [0.717, 1.165) is 40.3 Å². The van der Waals surface area contributed by atoms with Crippen molar-refractivity contribution in [3.63, 3.8) is 0 Å². The molecule has 1 fully saturated rings. The minimum atomic E-state index is 0.0694. The number of nitrogens with zero attached hydrogens (tertiary/aromatic N) is 6. The lowest BCUT2D eigenvalue weighted by molar-refractivity contribution is 0.0746. The smallest absolute Gasteiger partial charge is 0.253 e. The van der Waals surface area contributed by atoms with Crippen molar-refractivity contribution in [3.8, 4) is 5.69 Å². The summed E-state index contributed by atoms with van der Waals surface area (Å²) < 4.78 is 1.80. The highest BCUT2D eigenvalue weighted by atomic mass is 35.5. The minimum absolute atomic E-state index is 0.0694. The molecule has 2 aromatic heterocycles. The summed E-state index contributed by atoms with van der Waals surface area (Å²) >= 11 is 6.48. The largest absolute Gasteiger partial charge is 0.352 e. The molecule has 0 N–H and O–H groups in total. The Morgan fingerprint density at radius 2 is 1.71 bits per heavy atom. The summed E-state index contributed by atoms with van der Waals surface area (Å²) in [5.41, 5.74) is 2.26. The highest BCUT2D eigenvalue weighted by molar-refractivity contribution is 6.32. The van der Waals surface area contributed by atoms with Gasteiger partial charge in [0.25, 0.3) is 5.91 Å². The lowest BCUT2D eigenvalue weighted by Crippen LogP contribution is -2.49. The van der Waals surface area contributed by atoms with E-state index in [-0.39, 0.29) is 11.8 Å². The van der Waals surface area contributed by atoms with E-state index in [0.29, 0.717) is 31.2 Å². The van der Waals surface area contributed by atoms with E-state index in [4.69, 9.17) is 21.6 Å². The van der Waals surface area contributed by atoms with Gasteiger partial charge in [-0.3, -0.25) is 4.79 Å². The summed E-state index contributed by atoms with van der Waals surface area (Å²) in [5.74, 6) is 1.94. The van der Waals surface area contributed by atoms with Crippen LogP contribution in [0.3, 0.4) is 0 Å². The average molecular weight is 475 g/mol. The molecular formula is C26H27ClN6O. The van der Waals surface area contributed by atoms with Gasteiger partial charge in [0.15, 0.2) is 5.65 Å². The first-order valence-electron chi connectivity index (χ1n) is 11.7. The molecule has 0 saturated carbocycles. The Balaban J connectivity index is 1.49. The molecule has 1 aliphatic rings. The van der Waals surface area contributed by atoms with Crippen LogP contribution in [-0.2, 0) is 0 Å². The van der Waals surface area contributed by atoms with Crippen LogP contribution in [0.1, 0.15) is 42.4 Å². The number of halogens is 1. The van der Waals surface area contributed by atoms with Gasteiger partial charge in [0.05, 0.1) is 22.3 Å². The number of piperazine rings is 1. The van der Waals surface area contributed by atoms with Crippen molar-refractivity contribution in [3.05, 3.63) is 77.2 Å². The van der Waals surface area contributed by atoms with Gasteiger partial charge in [0.1, 0.15) is 11.6 Å². The van der Waals surface area contributed by atoms with E-state index >= 15 is 0 Å². The van der Waals surface area contributed by atoms with Crippen LogP contribution in [0.5, 0.6) is 0 Å². The van der Waals surface area contributed by atoms with Gasteiger partial charge in [-0.15, -0.1) is 0 Å². The van der Waals surface area contributed by atoms with Crippen molar-refractivity contribution >= 4 is 34.4 Å². The van der Waals surface area contributed by atoms with E-state index in [1.807, 2.05) is 65.7 Å². The van der Waals surface area contributed by atoms with Gasteiger partial charge in [0, 0.05) is 37.7 Å². The normalized spacial score (nSPS) is 15.0. The maximum atomic E-state index is 12.9. The minimum Gasteiger partial charge on any atom is -0.352 e. The molecule has 3 heterocycles. The molecule has 0 spiro atoms. The maximum absolute atomic E-state index is 12.9. The Morgan fingerprint density at radius 1 is 1.00 bits per heavy atom. The first-order chi connectivity index (χ1) is 16.6. The second-order valence-electron chi connectivity index (χ2n) is 8.61. The molecular weight excluding hydrogens is 448 g/mol. The van der Waals surface area contributed by atoms with Gasteiger partial charge >= 0.3 is 0 Å². The number of aromatic nitrogens is 4. The fourth-order valence-electron chi connectivity index (χ4n) is 4.24. The molecule has 1 aliphatic heterocycles. The highest BCUT2D eigenvalue weighted by Gasteiger charge is 2.26. The van der Waals surface area contributed by atoms with E-state index in [1.165, 1.54) is 0 Å². The molecule has 0 radical (unpaired) electrons. The number of anilines is 1. The number of hydrogen-bond acceptors (Lipinski definition) is 5. The molecule has 0 bridgehead atoms. The first kappa shape index (κ1) is 22.3. The van der Waals surface area contributed by atoms with Gasteiger partial charge in [-0.05, 0) is 30.7 Å². The summed E-state index contributed by atoms with van der Waals surface area (Å²) in [4.78, 5) is 26.9. The number of para-hydroxylation sites is 1. The van der Waals surface area contributed by atoms with Crippen molar-refractivity contribution < 1.29 is 4.79 Å². The molecule has 5 rings (SSSR count). The third kappa shape index (κ3) is 4.12. The van der Waals surface area contributed by atoms with Crippen molar-refractivity contribution in [1.29, 1.82) is 0 Å². The predicted molar refractivity (Wildman–Crippen MR) is 135 cm³/mol. The van der Waals surface area contributed by atoms with Crippen LogP contribution in [0, 0.1) is 0 Å². The second-order valence-corrected chi connectivity index (χ2v) is 9.01. The van der Waals surface area contributed by atoms with Gasteiger partial charge in [0.2, 0.25) is 0 Å². The molecule has 1 saturated heterocycles. The number of benzene rings is 2. The summed E-state index contributed by atoms with van der Waals surface area (Å²) in [6, 6.07) is 17.1. The topological polar surface area (TPSA) is 67.2 Å². The number of amides is 1. The monoisotopic (exact) mass is 474 g/mol. The number of fused-ring (bicyclic) bond motifs is 1. The van der Waals surface area contributed by atoms with Gasteiger partial charge < -0.3 is 9.80 Å². The zero-order valence-electron chi connectivity index (χ0n) is 19.4. The van der Waals surface area contributed by atoms with Gasteiger partial charge in [-0.1, -0.05) is 55.8 Å². The number of hydrogen-bond donors (Lipinski definition) is 0. The maximum Gasteiger partial charge on any atom is 0.253 e. The molecule has 1 amide bonds. The van der Waals surface area contributed by atoms with E-state index in [2.05, 4.69) is 23.8 Å². The number of carbonyl (C=O) groups is 1. The van der Waals surface area contributed by atoms with Crippen LogP contribution in [0.2, 0.25) is 5.02 Å². The third-order valence-corrected chi connectivity index (χ3v) is 6.77. The number of rotatable bonds is 5. The lowest BCUT2D eigenvalue weighted by Gasteiger charge is -2.35.